The number of hydrogen-bond acceptors (Lipinski definition) is 5. The minimum atomic E-state index is -0.484. The molecule has 4 aromatic rings. The molecule has 1 aliphatic heterocycles. The first-order valence-electron chi connectivity index (χ1n) is 13.2. The van der Waals surface area contributed by atoms with Gasteiger partial charge in [-0.1, -0.05) is 84.9 Å². The van der Waals surface area contributed by atoms with Gasteiger partial charge in [-0.15, -0.1) is 11.8 Å². The fourth-order valence-electron chi connectivity index (χ4n) is 4.65. The molecule has 4 aromatic carbocycles. The summed E-state index contributed by atoms with van der Waals surface area (Å²) in [6, 6.07) is 34.9. The first-order chi connectivity index (χ1) is 19.1. The standard InChI is InChI=1S/C33H33NO4S/c1-23(36)34-20-25-6-5-7-29(18-25)26-14-16-28(17-15-26)33-37-30(22-39-31-8-3-2-4-9-31)19-32(38-33)27-12-10-24(21-35)11-13-27/h2-18,30,32-33,35H,19-22H2,1H3,(H,34,36)/t30-,32+,33+/m0/s1. The number of aliphatic hydroxyl groups excluding tert-OH is 1. The predicted octanol–water partition coefficient (Wildman–Crippen LogP) is 6.82. The molecular formula is C33H33NO4S. The van der Waals surface area contributed by atoms with Crippen LogP contribution in [0.4, 0.5) is 0 Å². The van der Waals surface area contributed by atoms with Gasteiger partial charge in [-0.25, -0.2) is 0 Å². The summed E-state index contributed by atoms with van der Waals surface area (Å²) >= 11 is 1.79. The van der Waals surface area contributed by atoms with Crippen molar-refractivity contribution in [2.75, 3.05) is 5.75 Å². The highest BCUT2D eigenvalue weighted by molar-refractivity contribution is 7.99. The number of nitrogens with one attached hydrogen (secondary N) is 1. The van der Waals surface area contributed by atoms with Crippen molar-refractivity contribution in [1.29, 1.82) is 0 Å². The Morgan fingerprint density at radius 1 is 0.846 bits per heavy atom. The zero-order valence-electron chi connectivity index (χ0n) is 22.0. The predicted molar refractivity (Wildman–Crippen MR) is 155 cm³/mol. The van der Waals surface area contributed by atoms with Gasteiger partial charge in [0.15, 0.2) is 6.29 Å². The molecule has 1 fully saturated rings. The molecular weight excluding hydrogens is 506 g/mol. The zero-order chi connectivity index (χ0) is 27.0. The Hall–Kier alpha value is -3.42. The van der Waals surface area contributed by atoms with Gasteiger partial charge in [0.2, 0.25) is 5.91 Å². The lowest BCUT2D eigenvalue weighted by Crippen LogP contribution is -2.31. The topological polar surface area (TPSA) is 67.8 Å². The van der Waals surface area contributed by atoms with E-state index in [0.717, 1.165) is 45.6 Å². The van der Waals surface area contributed by atoms with E-state index >= 15 is 0 Å². The Morgan fingerprint density at radius 3 is 2.31 bits per heavy atom. The quantitative estimate of drug-likeness (QED) is 0.229. The molecule has 1 saturated heterocycles. The largest absolute Gasteiger partial charge is 0.392 e. The highest BCUT2D eigenvalue weighted by Crippen LogP contribution is 2.39. The zero-order valence-corrected chi connectivity index (χ0v) is 22.8. The third kappa shape index (κ3) is 7.37. The minimum absolute atomic E-state index is 0.0154. The lowest BCUT2D eigenvalue weighted by atomic mass is 9.99. The van der Waals surface area contributed by atoms with Crippen LogP contribution in [0, 0.1) is 0 Å². The summed E-state index contributed by atoms with van der Waals surface area (Å²) in [6.07, 6.45) is 0.181. The summed E-state index contributed by atoms with van der Waals surface area (Å²) < 4.78 is 13.0. The second-order valence-electron chi connectivity index (χ2n) is 9.71. The van der Waals surface area contributed by atoms with Crippen molar-refractivity contribution >= 4 is 17.7 Å². The molecule has 0 spiro atoms. The molecule has 0 aromatic heterocycles. The van der Waals surface area contributed by atoms with Crippen molar-refractivity contribution in [3.8, 4) is 11.1 Å². The molecule has 39 heavy (non-hydrogen) atoms. The van der Waals surface area contributed by atoms with E-state index in [1.54, 1.807) is 11.8 Å². The number of aliphatic hydroxyl groups is 1. The number of carbonyl (C=O) groups excluding carboxylic acids is 1. The Bertz CT molecular complexity index is 1360. The molecule has 0 radical (unpaired) electrons. The van der Waals surface area contributed by atoms with Gasteiger partial charge in [0.25, 0.3) is 0 Å². The van der Waals surface area contributed by atoms with Gasteiger partial charge in [0, 0.05) is 36.1 Å². The van der Waals surface area contributed by atoms with E-state index < -0.39 is 6.29 Å². The third-order valence-electron chi connectivity index (χ3n) is 6.78. The number of rotatable bonds is 9. The van der Waals surface area contributed by atoms with Gasteiger partial charge in [0.05, 0.1) is 18.8 Å². The second-order valence-corrected chi connectivity index (χ2v) is 10.8. The highest BCUT2D eigenvalue weighted by Gasteiger charge is 2.32. The third-order valence-corrected chi connectivity index (χ3v) is 7.92. The molecule has 200 valence electrons. The number of amides is 1. The van der Waals surface area contributed by atoms with Gasteiger partial charge < -0.3 is 19.9 Å². The Morgan fingerprint density at radius 2 is 1.59 bits per heavy atom. The summed E-state index contributed by atoms with van der Waals surface area (Å²) in [7, 11) is 0. The molecule has 5 nitrogen and oxygen atoms in total. The number of carbonyl (C=O) groups is 1. The first kappa shape index (κ1) is 27.2. The van der Waals surface area contributed by atoms with Crippen LogP contribution >= 0.6 is 11.8 Å². The van der Waals surface area contributed by atoms with Crippen LogP contribution in [0.15, 0.2) is 108 Å². The first-order valence-corrected chi connectivity index (χ1v) is 14.2. The Balaban J connectivity index is 1.33. The fraction of sp³-hybridized carbons (Fsp3) is 0.242. The van der Waals surface area contributed by atoms with E-state index in [0.29, 0.717) is 6.54 Å². The molecule has 2 N–H and O–H groups in total. The molecule has 0 bridgehead atoms. The van der Waals surface area contributed by atoms with E-state index in [4.69, 9.17) is 9.47 Å². The molecule has 5 rings (SSSR count). The van der Waals surface area contributed by atoms with E-state index in [-0.39, 0.29) is 24.7 Å². The van der Waals surface area contributed by atoms with E-state index in [1.165, 1.54) is 11.8 Å². The lowest BCUT2D eigenvalue weighted by molar-refractivity contribution is -0.245. The summed E-state index contributed by atoms with van der Waals surface area (Å²) in [5, 5.41) is 12.3. The average molecular weight is 540 g/mol. The van der Waals surface area contributed by atoms with Crippen molar-refractivity contribution in [3.05, 3.63) is 125 Å². The number of benzene rings is 4. The van der Waals surface area contributed by atoms with Crippen LogP contribution in [0.1, 0.15) is 48.0 Å². The maximum Gasteiger partial charge on any atom is 0.217 e. The molecule has 6 heteroatoms. The van der Waals surface area contributed by atoms with Crippen molar-refractivity contribution in [3.63, 3.8) is 0 Å². The molecule has 0 aliphatic carbocycles. The maximum absolute atomic E-state index is 11.3. The van der Waals surface area contributed by atoms with E-state index in [2.05, 4.69) is 66.0 Å². The van der Waals surface area contributed by atoms with Gasteiger partial charge in [-0.2, -0.15) is 0 Å². The van der Waals surface area contributed by atoms with Crippen molar-refractivity contribution in [1.82, 2.24) is 5.32 Å². The molecule has 1 aliphatic rings. The van der Waals surface area contributed by atoms with Crippen LogP contribution in [0.25, 0.3) is 11.1 Å². The molecule has 1 heterocycles. The maximum atomic E-state index is 11.3. The number of thioether (sulfide) groups is 1. The van der Waals surface area contributed by atoms with Crippen LogP contribution < -0.4 is 5.32 Å². The summed E-state index contributed by atoms with van der Waals surface area (Å²) in [6.45, 7) is 2.06. The second kappa shape index (κ2) is 13.1. The van der Waals surface area contributed by atoms with Crippen molar-refractivity contribution in [2.45, 2.75) is 49.9 Å². The lowest BCUT2D eigenvalue weighted by Gasteiger charge is -2.36. The highest BCUT2D eigenvalue weighted by atomic mass is 32.2. The fourth-order valence-corrected chi connectivity index (χ4v) is 5.59. The van der Waals surface area contributed by atoms with Crippen LogP contribution in [0.2, 0.25) is 0 Å². The SMILES string of the molecule is CC(=O)NCc1cccc(-c2ccc([C@@H]3O[C@H](CSc4ccccc4)C[C@H](c4ccc(CO)cc4)O3)cc2)c1. The number of ether oxygens (including phenoxy) is 2. The van der Waals surface area contributed by atoms with Gasteiger partial charge in [-0.3, -0.25) is 4.79 Å². The van der Waals surface area contributed by atoms with Crippen LogP contribution in [0.5, 0.6) is 0 Å². The van der Waals surface area contributed by atoms with Crippen LogP contribution in [-0.4, -0.2) is 22.9 Å². The van der Waals surface area contributed by atoms with E-state index in [9.17, 15) is 9.90 Å². The minimum Gasteiger partial charge on any atom is -0.392 e. The summed E-state index contributed by atoms with van der Waals surface area (Å²) in [4.78, 5) is 12.5. The van der Waals surface area contributed by atoms with Crippen LogP contribution in [0.3, 0.4) is 0 Å². The Labute approximate surface area is 234 Å². The van der Waals surface area contributed by atoms with Crippen LogP contribution in [-0.2, 0) is 27.4 Å². The van der Waals surface area contributed by atoms with Crippen molar-refractivity contribution < 1.29 is 19.4 Å². The smallest absolute Gasteiger partial charge is 0.217 e. The Kier molecular flexibility index (Phi) is 9.12. The molecule has 1 amide bonds. The number of hydrogen-bond donors (Lipinski definition) is 2. The van der Waals surface area contributed by atoms with Gasteiger partial charge in [-0.05, 0) is 46.0 Å². The average Bonchev–Trinajstić information content (AvgIpc) is 2.99. The van der Waals surface area contributed by atoms with Crippen molar-refractivity contribution in [2.24, 2.45) is 0 Å². The summed E-state index contributed by atoms with van der Waals surface area (Å²) in [5.74, 6) is 0.786. The molecule has 0 unspecified atom stereocenters. The normalized spacial score (nSPS) is 19.0. The summed E-state index contributed by atoms with van der Waals surface area (Å²) in [5.41, 5.74) is 6.18. The van der Waals surface area contributed by atoms with Gasteiger partial charge >= 0.3 is 0 Å². The molecule has 3 atom stereocenters. The van der Waals surface area contributed by atoms with Gasteiger partial charge in [0.1, 0.15) is 0 Å². The molecule has 0 saturated carbocycles. The van der Waals surface area contributed by atoms with E-state index in [1.807, 2.05) is 42.5 Å². The monoisotopic (exact) mass is 539 g/mol.